The molecule has 0 radical (unpaired) electrons. The highest BCUT2D eigenvalue weighted by atomic mass is 32.2. The van der Waals surface area contributed by atoms with Gasteiger partial charge in [-0.2, -0.15) is 13.2 Å². The van der Waals surface area contributed by atoms with Crippen LogP contribution in [-0.2, 0) is 20.8 Å². The Morgan fingerprint density at radius 3 is 2.21 bits per heavy atom. The summed E-state index contributed by atoms with van der Waals surface area (Å²) in [5.74, 6) is -0.00155. The molecule has 13 heteroatoms. The first kappa shape index (κ1) is 24.2. The van der Waals surface area contributed by atoms with Crippen LogP contribution in [0.2, 0.25) is 0 Å². The van der Waals surface area contributed by atoms with Gasteiger partial charge in [0.1, 0.15) is 5.82 Å². The van der Waals surface area contributed by atoms with Gasteiger partial charge in [-0.1, -0.05) is 0 Å². The molecule has 2 aliphatic rings. The van der Waals surface area contributed by atoms with Crippen LogP contribution in [0, 0.1) is 0 Å². The Balaban J connectivity index is 1.52. The second-order valence-electron chi connectivity index (χ2n) is 8.09. The third-order valence-electron chi connectivity index (χ3n) is 5.80. The van der Waals surface area contributed by atoms with E-state index in [1.165, 1.54) is 12.1 Å². The number of rotatable bonds is 4. The van der Waals surface area contributed by atoms with Gasteiger partial charge in [0.15, 0.2) is 15.5 Å². The second kappa shape index (κ2) is 9.37. The minimum absolute atomic E-state index is 0.0616. The van der Waals surface area contributed by atoms with Crippen molar-refractivity contribution in [3.8, 4) is 0 Å². The Bertz CT molecular complexity index is 1140. The number of carbonyl (C=O) groups excluding carboxylic acids is 1. The zero-order chi connectivity index (χ0) is 24.5. The van der Waals surface area contributed by atoms with Crippen LogP contribution in [0.3, 0.4) is 0 Å². The molecule has 1 aromatic heterocycles. The first-order chi connectivity index (χ1) is 16.0. The van der Waals surface area contributed by atoms with Gasteiger partial charge in [-0.3, -0.25) is 4.79 Å². The Labute approximate surface area is 195 Å². The summed E-state index contributed by atoms with van der Waals surface area (Å²) < 4.78 is 67.8. The number of piperazine rings is 1. The van der Waals surface area contributed by atoms with Crippen LogP contribution >= 0.6 is 0 Å². The van der Waals surface area contributed by atoms with Crippen molar-refractivity contribution in [2.75, 3.05) is 68.5 Å². The highest BCUT2D eigenvalue weighted by Gasteiger charge is 2.33. The third kappa shape index (κ3) is 5.25. The van der Waals surface area contributed by atoms with Gasteiger partial charge in [0.25, 0.3) is 5.91 Å². The summed E-state index contributed by atoms with van der Waals surface area (Å²) >= 11 is 0. The Morgan fingerprint density at radius 2 is 1.65 bits per heavy atom. The molecule has 0 atom stereocenters. The summed E-state index contributed by atoms with van der Waals surface area (Å²) in [6, 6.07) is 4.57. The van der Waals surface area contributed by atoms with Gasteiger partial charge >= 0.3 is 6.18 Å². The summed E-state index contributed by atoms with van der Waals surface area (Å²) in [6.07, 6.45) is -1.70. The smallest absolute Gasteiger partial charge is 0.378 e. The quantitative estimate of drug-likeness (QED) is 0.628. The van der Waals surface area contributed by atoms with Crippen molar-refractivity contribution in [2.24, 2.45) is 0 Å². The molecule has 0 unspecified atom stereocenters. The van der Waals surface area contributed by atoms with Crippen molar-refractivity contribution in [3.63, 3.8) is 0 Å². The number of amides is 1. The Kier molecular flexibility index (Phi) is 6.67. The molecule has 2 saturated heterocycles. The molecule has 0 spiro atoms. The van der Waals surface area contributed by atoms with E-state index in [-0.39, 0.29) is 10.8 Å². The van der Waals surface area contributed by atoms with Crippen molar-refractivity contribution in [1.82, 2.24) is 14.9 Å². The largest absolute Gasteiger partial charge is 0.434 e. The molecule has 2 fully saturated rings. The lowest BCUT2D eigenvalue weighted by Gasteiger charge is -2.36. The topological polar surface area (TPSA) is 95.9 Å². The van der Waals surface area contributed by atoms with Crippen LogP contribution in [0.15, 0.2) is 35.5 Å². The maximum absolute atomic E-state index is 13.4. The van der Waals surface area contributed by atoms with Crippen LogP contribution in [0.4, 0.5) is 24.7 Å². The molecule has 9 nitrogen and oxygen atoms in total. The average molecular weight is 500 g/mol. The fraction of sp³-hybridized carbons (Fsp3) is 0.476. The number of nitrogens with zero attached hydrogens (tertiary/aromatic N) is 5. The van der Waals surface area contributed by atoms with E-state index in [0.717, 1.165) is 12.5 Å². The lowest BCUT2D eigenvalue weighted by atomic mass is 10.1. The number of ether oxygens (including phenoxy) is 1. The minimum Gasteiger partial charge on any atom is -0.378 e. The normalized spacial score (nSPS) is 17.7. The standard InChI is InChI=1S/C21H24F3N5O4S/c1-34(31,32)15-2-3-17(27-8-10-33-11-9-27)16(12-15)20(30)29-6-4-28(5-7-29)19-14-25-18(13-26-19)21(22,23)24/h2-3,12-14H,4-11H2,1H3. The number of aromatic nitrogens is 2. The van der Waals surface area contributed by atoms with E-state index in [2.05, 4.69) is 9.97 Å². The van der Waals surface area contributed by atoms with Gasteiger partial charge in [-0.15, -0.1) is 0 Å². The van der Waals surface area contributed by atoms with Crippen molar-refractivity contribution < 1.29 is 31.1 Å². The SMILES string of the molecule is CS(=O)(=O)c1ccc(N2CCOCC2)c(C(=O)N2CCN(c3cnc(C(F)(F)F)cn3)CC2)c1. The molecule has 0 N–H and O–H groups in total. The Morgan fingerprint density at radius 1 is 0.971 bits per heavy atom. The first-order valence-corrected chi connectivity index (χ1v) is 12.5. The molecular weight excluding hydrogens is 475 g/mol. The summed E-state index contributed by atoms with van der Waals surface area (Å²) in [7, 11) is -3.51. The fourth-order valence-corrected chi connectivity index (χ4v) is 4.58. The lowest BCUT2D eigenvalue weighted by molar-refractivity contribution is -0.141. The number of benzene rings is 1. The second-order valence-corrected chi connectivity index (χ2v) is 10.1. The predicted molar refractivity (Wildman–Crippen MR) is 118 cm³/mol. The molecule has 2 aromatic rings. The molecule has 1 amide bonds. The van der Waals surface area contributed by atoms with E-state index in [1.54, 1.807) is 15.9 Å². The number of hydrogen-bond donors (Lipinski definition) is 0. The summed E-state index contributed by atoms with van der Waals surface area (Å²) in [6.45, 7) is 3.48. The van der Waals surface area contributed by atoms with Crippen molar-refractivity contribution in [2.45, 2.75) is 11.1 Å². The molecule has 0 saturated carbocycles. The maximum Gasteiger partial charge on any atom is 0.434 e. The number of sulfone groups is 1. The number of carbonyl (C=O) groups is 1. The van der Waals surface area contributed by atoms with Crippen molar-refractivity contribution in [3.05, 3.63) is 41.9 Å². The zero-order valence-electron chi connectivity index (χ0n) is 18.5. The molecule has 1 aromatic carbocycles. The van der Waals surface area contributed by atoms with Crippen LogP contribution in [-0.4, -0.2) is 87.9 Å². The molecular formula is C21H24F3N5O4S. The van der Waals surface area contributed by atoms with Crippen LogP contribution in [0.5, 0.6) is 0 Å². The van der Waals surface area contributed by atoms with Crippen molar-refractivity contribution in [1.29, 1.82) is 0 Å². The highest BCUT2D eigenvalue weighted by molar-refractivity contribution is 7.90. The molecule has 0 bridgehead atoms. The van der Waals surface area contributed by atoms with E-state index in [1.807, 2.05) is 4.90 Å². The minimum atomic E-state index is -4.56. The van der Waals surface area contributed by atoms with Gasteiger partial charge in [0.05, 0.1) is 36.1 Å². The number of hydrogen-bond acceptors (Lipinski definition) is 8. The zero-order valence-corrected chi connectivity index (χ0v) is 19.3. The third-order valence-corrected chi connectivity index (χ3v) is 6.91. The fourth-order valence-electron chi connectivity index (χ4n) is 3.94. The predicted octanol–water partition coefficient (Wildman–Crippen LogP) is 1.70. The monoisotopic (exact) mass is 499 g/mol. The summed E-state index contributed by atoms with van der Waals surface area (Å²) in [5.41, 5.74) is -0.115. The van der Waals surface area contributed by atoms with E-state index in [9.17, 15) is 26.4 Å². The molecule has 2 aliphatic heterocycles. The Hall–Kier alpha value is -2.93. The molecule has 4 rings (SSSR count). The van der Waals surface area contributed by atoms with Crippen LogP contribution in [0.25, 0.3) is 0 Å². The van der Waals surface area contributed by atoms with Gasteiger partial charge in [-0.05, 0) is 18.2 Å². The maximum atomic E-state index is 13.4. The van der Waals surface area contributed by atoms with Crippen LogP contribution in [0.1, 0.15) is 16.1 Å². The summed E-state index contributed by atoms with van der Waals surface area (Å²) in [5, 5.41) is 0. The highest BCUT2D eigenvalue weighted by Crippen LogP contribution is 2.29. The van der Waals surface area contributed by atoms with E-state index >= 15 is 0 Å². The first-order valence-electron chi connectivity index (χ1n) is 10.6. The van der Waals surface area contributed by atoms with E-state index in [0.29, 0.717) is 75.7 Å². The number of anilines is 2. The van der Waals surface area contributed by atoms with E-state index in [4.69, 9.17) is 4.74 Å². The van der Waals surface area contributed by atoms with Gasteiger partial charge in [-0.25, -0.2) is 18.4 Å². The van der Waals surface area contributed by atoms with Crippen LogP contribution < -0.4 is 9.80 Å². The molecule has 3 heterocycles. The number of alkyl halides is 3. The average Bonchev–Trinajstić information content (AvgIpc) is 2.83. The van der Waals surface area contributed by atoms with Gasteiger partial charge < -0.3 is 19.4 Å². The molecule has 184 valence electrons. The molecule has 34 heavy (non-hydrogen) atoms. The van der Waals surface area contributed by atoms with Crippen molar-refractivity contribution >= 4 is 27.2 Å². The van der Waals surface area contributed by atoms with Gasteiger partial charge in [0.2, 0.25) is 0 Å². The molecule has 0 aliphatic carbocycles. The number of morpholine rings is 1. The lowest BCUT2D eigenvalue weighted by Crippen LogP contribution is -2.49. The summed E-state index contributed by atoms with van der Waals surface area (Å²) in [4.78, 5) is 26.2. The van der Waals surface area contributed by atoms with E-state index < -0.39 is 21.7 Å². The number of halogens is 3. The van der Waals surface area contributed by atoms with Gasteiger partial charge in [0, 0.05) is 51.2 Å².